The van der Waals surface area contributed by atoms with E-state index < -0.39 is 0 Å². The van der Waals surface area contributed by atoms with Crippen LogP contribution in [0.5, 0.6) is 11.5 Å². The zero-order valence-electron chi connectivity index (χ0n) is 14.8. The first-order valence-electron chi connectivity index (χ1n) is 9.24. The molecular weight excluding hydrogens is 344 g/mol. The molecule has 138 valence electrons. The van der Waals surface area contributed by atoms with Crippen molar-refractivity contribution in [1.29, 1.82) is 0 Å². The van der Waals surface area contributed by atoms with Gasteiger partial charge in [-0.3, -0.25) is 9.59 Å². The molecule has 0 N–H and O–H groups in total. The Morgan fingerprint density at radius 1 is 1.07 bits per heavy atom. The van der Waals surface area contributed by atoms with Crippen molar-refractivity contribution < 1.29 is 14.3 Å². The molecule has 3 aliphatic rings. The Morgan fingerprint density at radius 3 is 2.89 bits per heavy atom. The lowest BCUT2D eigenvalue weighted by atomic mass is 9.83. The van der Waals surface area contributed by atoms with Gasteiger partial charge in [-0.25, -0.2) is 0 Å². The van der Waals surface area contributed by atoms with E-state index in [-0.39, 0.29) is 24.2 Å². The second-order valence-corrected chi connectivity index (χ2v) is 7.39. The number of hydrogen-bond acceptors (Lipinski definition) is 4. The number of nitrogens with zero attached hydrogens (tertiary/aromatic N) is 2. The van der Waals surface area contributed by atoms with E-state index in [0.717, 1.165) is 23.4 Å². The van der Waals surface area contributed by atoms with Crippen LogP contribution in [0, 0.1) is 5.92 Å². The van der Waals surface area contributed by atoms with Crippen molar-refractivity contribution in [1.82, 2.24) is 9.47 Å². The predicted octanol–water partition coefficient (Wildman–Crippen LogP) is 2.24. The summed E-state index contributed by atoms with van der Waals surface area (Å²) in [4.78, 5) is 26.7. The van der Waals surface area contributed by atoms with Gasteiger partial charge in [-0.05, 0) is 42.2 Å². The highest BCUT2D eigenvalue weighted by molar-refractivity contribution is 5.92. The van der Waals surface area contributed by atoms with E-state index in [1.807, 2.05) is 45.9 Å². The zero-order valence-corrected chi connectivity index (χ0v) is 14.8. The Balaban J connectivity index is 1.33. The van der Waals surface area contributed by atoms with Crippen molar-refractivity contribution in [3.63, 3.8) is 0 Å². The Labute approximate surface area is 156 Å². The van der Waals surface area contributed by atoms with E-state index in [1.54, 1.807) is 12.1 Å². The summed E-state index contributed by atoms with van der Waals surface area (Å²) in [7, 11) is 0. The monoisotopic (exact) mass is 364 g/mol. The largest absolute Gasteiger partial charge is 0.454 e. The van der Waals surface area contributed by atoms with Crippen molar-refractivity contribution in [3.8, 4) is 11.5 Å². The predicted molar refractivity (Wildman–Crippen MR) is 99.7 cm³/mol. The number of carbonyl (C=O) groups excluding carboxylic acids is 1. The molecule has 2 bridgehead atoms. The average molecular weight is 364 g/mol. The van der Waals surface area contributed by atoms with Gasteiger partial charge in [-0.2, -0.15) is 0 Å². The van der Waals surface area contributed by atoms with Crippen LogP contribution in [0.4, 0.5) is 0 Å². The standard InChI is InChI=1S/C21H20N2O4/c24-20(7-5-14-4-6-18-19(9-14)27-13-26-18)22-10-15-8-16(12-22)17-2-1-3-21(25)23(17)11-15/h1-7,9,15-16H,8,10-13H2/b7-5+/t15-,16-/m1/s1. The molecule has 0 radical (unpaired) electrons. The molecule has 1 fully saturated rings. The van der Waals surface area contributed by atoms with E-state index >= 15 is 0 Å². The minimum atomic E-state index is 0.00842. The van der Waals surface area contributed by atoms with Crippen molar-refractivity contribution in [2.24, 2.45) is 5.92 Å². The molecule has 1 saturated heterocycles. The lowest BCUT2D eigenvalue weighted by Crippen LogP contribution is -2.48. The minimum absolute atomic E-state index is 0.00842. The molecule has 1 aromatic heterocycles. The molecule has 0 aliphatic carbocycles. The van der Waals surface area contributed by atoms with Crippen LogP contribution in [0.15, 0.2) is 47.3 Å². The van der Waals surface area contributed by atoms with Gasteiger partial charge < -0.3 is 18.9 Å². The lowest BCUT2D eigenvalue weighted by Gasteiger charge is -2.42. The number of ether oxygens (including phenoxy) is 2. The molecular formula is C21H20N2O4. The van der Waals surface area contributed by atoms with Crippen LogP contribution in [0.2, 0.25) is 0 Å². The molecule has 1 amide bonds. The van der Waals surface area contributed by atoms with Gasteiger partial charge in [-0.1, -0.05) is 12.1 Å². The maximum atomic E-state index is 12.7. The molecule has 0 saturated carbocycles. The Hall–Kier alpha value is -3.02. The van der Waals surface area contributed by atoms with Gasteiger partial charge >= 0.3 is 0 Å². The van der Waals surface area contributed by atoms with Gasteiger partial charge in [-0.15, -0.1) is 0 Å². The van der Waals surface area contributed by atoms with Gasteiger partial charge in [0.15, 0.2) is 11.5 Å². The van der Waals surface area contributed by atoms with Crippen LogP contribution in [-0.2, 0) is 11.3 Å². The summed E-state index contributed by atoms with van der Waals surface area (Å²) < 4.78 is 12.6. The molecule has 2 aromatic rings. The van der Waals surface area contributed by atoms with Crippen LogP contribution in [-0.4, -0.2) is 35.3 Å². The van der Waals surface area contributed by atoms with Crippen LogP contribution >= 0.6 is 0 Å². The van der Waals surface area contributed by atoms with Gasteiger partial charge in [0.05, 0.1) is 0 Å². The molecule has 6 nitrogen and oxygen atoms in total. The molecule has 2 atom stereocenters. The minimum Gasteiger partial charge on any atom is -0.454 e. The third-order valence-corrected chi connectivity index (χ3v) is 5.61. The topological polar surface area (TPSA) is 60.8 Å². The summed E-state index contributed by atoms with van der Waals surface area (Å²) in [6.45, 7) is 2.29. The third kappa shape index (κ3) is 2.91. The number of rotatable bonds is 2. The molecule has 5 rings (SSSR count). The molecule has 3 aliphatic heterocycles. The summed E-state index contributed by atoms with van der Waals surface area (Å²) in [5.74, 6) is 2.01. The molecule has 4 heterocycles. The maximum Gasteiger partial charge on any atom is 0.250 e. The zero-order chi connectivity index (χ0) is 18.4. The first-order valence-corrected chi connectivity index (χ1v) is 9.24. The van der Waals surface area contributed by atoms with E-state index in [0.29, 0.717) is 31.3 Å². The maximum absolute atomic E-state index is 12.7. The summed E-state index contributed by atoms with van der Waals surface area (Å²) >= 11 is 0. The van der Waals surface area contributed by atoms with E-state index in [4.69, 9.17) is 9.47 Å². The molecule has 27 heavy (non-hydrogen) atoms. The molecule has 1 aromatic carbocycles. The first-order chi connectivity index (χ1) is 13.2. The molecule has 0 unspecified atom stereocenters. The normalized spacial score (nSPS) is 22.7. The quantitative estimate of drug-likeness (QED) is 0.767. The number of piperidine rings is 1. The Morgan fingerprint density at radius 2 is 1.96 bits per heavy atom. The fraction of sp³-hybridized carbons (Fsp3) is 0.333. The number of aromatic nitrogens is 1. The summed E-state index contributed by atoms with van der Waals surface area (Å²) in [5, 5.41) is 0. The number of fused-ring (bicyclic) bond motifs is 5. The lowest BCUT2D eigenvalue weighted by molar-refractivity contribution is -0.128. The molecule has 6 heteroatoms. The second kappa shape index (κ2) is 6.30. The number of carbonyl (C=O) groups is 1. The molecule has 0 spiro atoms. The van der Waals surface area contributed by atoms with Crippen molar-refractivity contribution in [3.05, 3.63) is 64.1 Å². The highest BCUT2D eigenvalue weighted by atomic mass is 16.7. The van der Waals surface area contributed by atoms with Crippen LogP contribution < -0.4 is 15.0 Å². The number of pyridine rings is 1. The van der Waals surface area contributed by atoms with Gasteiger partial charge in [0.1, 0.15) is 0 Å². The Kier molecular flexibility index (Phi) is 3.77. The highest BCUT2D eigenvalue weighted by Gasteiger charge is 2.35. The summed E-state index contributed by atoms with van der Waals surface area (Å²) in [6, 6.07) is 11.1. The van der Waals surface area contributed by atoms with Crippen LogP contribution in [0.25, 0.3) is 6.08 Å². The third-order valence-electron chi connectivity index (χ3n) is 5.61. The SMILES string of the molecule is O=C(/C=C/c1ccc2c(c1)OCO2)N1C[C@H]2C[C@H](C1)c1cccc(=O)n1C2. The van der Waals surface area contributed by atoms with Gasteiger partial charge in [0, 0.05) is 43.4 Å². The average Bonchev–Trinajstić information content (AvgIpc) is 3.14. The number of amides is 1. The van der Waals surface area contributed by atoms with Crippen molar-refractivity contribution >= 4 is 12.0 Å². The van der Waals surface area contributed by atoms with E-state index in [1.165, 1.54) is 0 Å². The summed E-state index contributed by atoms with van der Waals surface area (Å²) in [5.41, 5.74) is 2.02. The number of likely N-dealkylation sites (tertiary alicyclic amines) is 1. The number of benzene rings is 1. The Bertz CT molecular complexity index is 994. The second-order valence-electron chi connectivity index (χ2n) is 7.39. The number of hydrogen-bond donors (Lipinski definition) is 0. The first kappa shape index (κ1) is 16.2. The van der Waals surface area contributed by atoms with Crippen LogP contribution in [0.3, 0.4) is 0 Å². The smallest absolute Gasteiger partial charge is 0.250 e. The van der Waals surface area contributed by atoms with Crippen molar-refractivity contribution in [2.45, 2.75) is 18.9 Å². The van der Waals surface area contributed by atoms with Crippen LogP contribution in [0.1, 0.15) is 23.6 Å². The fourth-order valence-electron chi connectivity index (χ4n) is 4.37. The van der Waals surface area contributed by atoms with Gasteiger partial charge in [0.25, 0.3) is 5.56 Å². The fourth-order valence-corrected chi connectivity index (χ4v) is 4.37. The van der Waals surface area contributed by atoms with E-state index in [9.17, 15) is 9.59 Å². The van der Waals surface area contributed by atoms with Crippen molar-refractivity contribution in [2.75, 3.05) is 19.9 Å². The van der Waals surface area contributed by atoms with E-state index in [2.05, 4.69) is 0 Å². The highest BCUT2D eigenvalue weighted by Crippen LogP contribution is 2.35. The van der Waals surface area contributed by atoms with Gasteiger partial charge in [0.2, 0.25) is 12.7 Å². The summed E-state index contributed by atoms with van der Waals surface area (Å²) in [6.07, 6.45) is 4.48.